The van der Waals surface area contributed by atoms with Crippen molar-refractivity contribution in [2.75, 3.05) is 0 Å². The number of hydrogen-bond acceptors (Lipinski definition) is 2. The first-order valence-corrected chi connectivity index (χ1v) is 7.67. The zero-order valence-electron chi connectivity index (χ0n) is 14.1. The Morgan fingerprint density at radius 3 is 2.19 bits per heavy atom. The number of hydrogen-bond donors (Lipinski definition) is 1. The Labute approximate surface area is 128 Å². The summed E-state index contributed by atoms with van der Waals surface area (Å²) in [6.45, 7) is 13.8. The Hall–Kier alpha value is -1.54. The van der Waals surface area contributed by atoms with Gasteiger partial charge in [0.25, 0.3) is 0 Å². The predicted molar refractivity (Wildman–Crippen MR) is 88.6 cm³/mol. The molecule has 0 aliphatic heterocycles. The van der Waals surface area contributed by atoms with Crippen molar-refractivity contribution in [3.63, 3.8) is 0 Å². The van der Waals surface area contributed by atoms with E-state index in [1.54, 1.807) is 0 Å². The summed E-state index contributed by atoms with van der Waals surface area (Å²) < 4.78 is 5.60. The number of aryl methyl sites for hydroxylation is 2. The predicted octanol–water partition coefficient (Wildman–Crippen LogP) is 5.04. The molecule has 0 saturated carbocycles. The third-order valence-electron chi connectivity index (χ3n) is 3.98. The van der Waals surface area contributed by atoms with Crippen molar-refractivity contribution < 1.29 is 4.42 Å². The molecule has 0 aliphatic carbocycles. The van der Waals surface area contributed by atoms with E-state index >= 15 is 0 Å². The fourth-order valence-corrected chi connectivity index (χ4v) is 2.58. The molecule has 1 heterocycles. The maximum Gasteiger partial charge on any atom is 0.105 e. The molecule has 0 amide bonds. The van der Waals surface area contributed by atoms with Crippen LogP contribution in [0.5, 0.6) is 0 Å². The zero-order valence-corrected chi connectivity index (χ0v) is 14.1. The lowest BCUT2D eigenvalue weighted by Crippen LogP contribution is -2.18. The molecule has 114 valence electrons. The van der Waals surface area contributed by atoms with Crippen LogP contribution in [0.25, 0.3) is 0 Å². The maximum absolute atomic E-state index is 5.60. The van der Waals surface area contributed by atoms with E-state index < -0.39 is 0 Å². The lowest BCUT2D eigenvalue weighted by Gasteiger charge is -2.19. The fraction of sp³-hybridized carbons (Fsp3) is 0.474. The molecule has 1 atom stereocenters. The molecular weight excluding hydrogens is 258 g/mol. The van der Waals surface area contributed by atoms with Crippen LogP contribution in [0.4, 0.5) is 0 Å². The average molecular weight is 285 g/mol. The average Bonchev–Trinajstić information content (AvgIpc) is 2.74. The summed E-state index contributed by atoms with van der Waals surface area (Å²) in [4.78, 5) is 0. The van der Waals surface area contributed by atoms with Crippen molar-refractivity contribution in [3.8, 4) is 0 Å². The standard InChI is InChI=1S/C19H27NO/c1-13-11-18(15(3)21-13)14(2)20-12-16-7-9-17(10-8-16)19(4,5)6/h7-11,14,20H,12H2,1-6H3. The van der Waals surface area contributed by atoms with Crippen LogP contribution in [-0.2, 0) is 12.0 Å². The first-order valence-electron chi connectivity index (χ1n) is 7.67. The number of furan rings is 1. The SMILES string of the molecule is Cc1cc(C(C)NCc2ccc(C(C)(C)C)cc2)c(C)o1. The van der Waals surface area contributed by atoms with Crippen LogP contribution in [0.15, 0.2) is 34.7 Å². The van der Waals surface area contributed by atoms with Crippen LogP contribution in [-0.4, -0.2) is 0 Å². The van der Waals surface area contributed by atoms with E-state index in [0.717, 1.165) is 18.1 Å². The van der Waals surface area contributed by atoms with Gasteiger partial charge in [-0.15, -0.1) is 0 Å². The lowest BCUT2D eigenvalue weighted by molar-refractivity contribution is 0.489. The lowest BCUT2D eigenvalue weighted by atomic mass is 9.87. The summed E-state index contributed by atoms with van der Waals surface area (Å²) in [6, 6.07) is 11.3. The molecule has 0 fully saturated rings. The molecular formula is C19H27NO. The van der Waals surface area contributed by atoms with Crippen LogP contribution < -0.4 is 5.32 Å². The van der Waals surface area contributed by atoms with Crippen molar-refractivity contribution in [2.24, 2.45) is 0 Å². The molecule has 0 spiro atoms. The van der Waals surface area contributed by atoms with Gasteiger partial charge in [-0.2, -0.15) is 0 Å². The van der Waals surface area contributed by atoms with Crippen molar-refractivity contribution >= 4 is 0 Å². The molecule has 2 heteroatoms. The number of benzene rings is 1. The van der Waals surface area contributed by atoms with Gasteiger partial charge in [-0.3, -0.25) is 0 Å². The van der Waals surface area contributed by atoms with Gasteiger partial charge in [0.15, 0.2) is 0 Å². The molecule has 0 aliphatic rings. The van der Waals surface area contributed by atoms with Gasteiger partial charge in [0.1, 0.15) is 11.5 Å². The van der Waals surface area contributed by atoms with E-state index in [0.29, 0.717) is 6.04 Å². The van der Waals surface area contributed by atoms with Crippen LogP contribution in [0, 0.1) is 13.8 Å². The minimum Gasteiger partial charge on any atom is -0.466 e. The summed E-state index contributed by atoms with van der Waals surface area (Å²) in [5.41, 5.74) is 4.15. The monoisotopic (exact) mass is 285 g/mol. The van der Waals surface area contributed by atoms with E-state index in [1.807, 2.05) is 13.8 Å². The van der Waals surface area contributed by atoms with E-state index in [4.69, 9.17) is 4.42 Å². The van der Waals surface area contributed by atoms with E-state index in [9.17, 15) is 0 Å². The molecule has 2 nitrogen and oxygen atoms in total. The molecule has 1 aromatic carbocycles. The van der Waals surface area contributed by atoms with E-state index in [1.165, 1.54) is 16.7 Å². The third kappa shape index (κ3) is 3.98. The highest BCUT2D eigenvalue weighted by molar-refractivity contribution is 5.28. The second-order valence-electron chi connectivity index (χ2n) is 6.92. The Balaban J connectivity index is 1.98. The van der Waals surface area contributed by atoms with Crippen LogP contribution in [0.3, 0.4) is 0 Å². The molecule has 0 radical (unpaired) electrons. The van der Waals surface area contributed by atoms with Gasteiger partial charge in [0.05, 0.1) is 0 Å². The van der Waals surface area contributed by atoms with Gasteiger partial charge in [-0.25, -0.2) is 0 Å². The summed E-state index contributed by atoms with van der Waals surface area (Å²) in [5.74, 6) is 1.99. The van der Waals surface area contributed by atoms with Crippen molar-refractivity contribution in [1.82, 2.24) is 5.32 Å². The molecule has 0 bridgehead atoms. The van der Waals surface area contributed by atoms with Crippen LogP contribution in [0.1, 0.15) is 61.9 Å². The number of rotatable bonds is 4. The quantitative estimate of drug-likeness (QED) is 0.851. The zero-order chi connectivity index (χ0) is 15.6. The van der Waals surface area contributed by atoms with Gasteiger partial charge in [0.2, 0.25) is 0 Å². The highest BCUT2D eigenvalue weighted by atomic mass is 16.3. The Kier molecular flexibility index (Phi) is 4.58. The summed E-state index contributed by atoms with van der Waals surface area (Å²) in [7, 11) is 0. The Bertz CT molecular complexity index is 587. The van der Waals surface area contributed by atoms with Gasteiger partial charge in [-0.1, -0.05) is 45.0 Å². The molecule has 1 unspecified atom stereocenters. The minimum absolute atomic E-state index is 0.213. The fourth-order valence-electron chi connectivity index (χ4n) is 2.58. The topological polar surface area (TPSA) is 25.2 Å². The van der Waals surface area contributed by atoms with Gasteiger partial charge < -0.3 is 9.73 Å². The van der Waals surface area contributed by atoms with Crippen molar-refractivity contribution in [3.05, 3.63) is 58.5 Å². The highest BCUT2D eigenvalue weighted by Gasteiger charge is 2.14. The summed E-state index contributed by atoms with van der Waals surface area (Å²) in [6.07, 6.45) is 0. The normalized spacial score (nSPS) is 13.4. The molecule has 1 N–H and O–H groups in total. The molecule has 0 saturated heterocycles. The van der Waals surface area contributed by atoms with Crippen molar-refractivity contribution in [1.29, 1.82) is 0 Å². The summed E-state index contributed by atoms with van der Waals surface area (Å²) in [5, 5.41) is 3.57. The molecule has 1 aromatic heterocycles. The van der Waals surface area contributed by atoms with Gasteiger partial charge in [0, 0.05) is 18.2 Å². The molecule has 21 heavy (non-hydrogen) atoms. The smallest absolute Gasteiger partial charge is 0.105 e. The Morgan fingerprint density at radius 1 is 1.10 bits per heavy atom. The van der Waals surface area contributed by atoms with E-state index in [-0.39, 0.29) is 5.41 Å². The largest absolute Gasteiger partial charge is 0.466 e. The maximum atomic E-state index is 5.60. The second-order valence-corrected chi connectivity index (χ2v) is 6.92. The molecule has 2 aromatic rings. The molecule has 2 rings (SSSR count). The van der Waals surface area contributed by atoms with Crippen molar-refractivity contribution in [2.45, 2.75) is 59.5 Å². The highest BCUT2D eigenvalue weighted by Crippen LogP contribution is 2.23. The van der Waals surface area contributed by atoms with Gasteiger partial charge >= 0.3 is 0 Å². The first-order chi connectivity index (χ1) is 9.77. The van der Waals surface area contributed by atoms with Gasteiger partial charge in [-0.05, 0) is 43.4 Å². The summed E-state index contributed by atoms with van der Waals surface area (Å²) >= 11 is 0. The van der Waals surface area contributed by atoms with Crippen LogP contribution in [0.2, 0.25) is 0 Å². The Morgan fingerprint density at radius 2 is 1.71 bits per heavy atom. The second kappa shape index (κ2) is 6.07. The van der Waals surface area contributed by atoms with E-state index in [2.05, 4.69) is 63.3 Å². The van der Waals surface area contributed by atoms with Crippen LogP contribution >= 0.6 is 0 Å². The first kappa shape index (κ1) is 15.8. The minimum atomic E-state index is 0.213. The number of nitrogens with one attached hydrogen (secondary N) is 1. The third-order valence-corrected chi connectivity index (χ3v) is 3.98.